The van der Waals surface area contributed by atoms with Crippen LogP contribution < -0.4 is 0 Å². The Bertz CT molecular complexity index is 1370. The highest BCUT2D eigenvalue weighted by molar-refractivity contribution is 8.00. The van der Waals surface area contributed by atoms with Crippen molar-refractivity contribution in [2.45, 2.75) is 10.1 Å². The number of pyridine rings is 1. The monoisotopic (exact) mass is 440 g/mol. The van der Waals surface area contributed by atoms with E-state index in [0.717, 1.165) is 45.8 Å². The third-order valence-electron chi connectivity index (χ3n) is 5.57. The summed E-state index contributed by atoms with van der Waals surface area (Å²) < 4.78 is 3.53. The third kappa shape index (κ3) is 3.57. The summed E-state index contributed by atoms with van der Waals surface area (Å²) in [5.41, 5.74) is 5.26. The van der Waals surface area contributed by atoms with Gasteiger partial charge in [-0.2, -0.15) is 15.5 Å². The van der Waals surface area contributed by atoms with Gasteiger partial charge in [0.1, 0.15) is 6.07 Å². The van der Waals surface area contributed by atoms with Crippen molar-refractivity contribution in [3.63, 3.8) is 0 Å². The molecule has 0 spiro atoms. The van der Waals surface area contributed by atoms with Crippen LogP contribution in [0.1, 0.15) is 5.56 Å². The number of hydrogen-bond donors (Lipinski definition) is 0. The summed E-state index contributed by atoms with van der Waals surface area (Å²) in [6.45, 7) is 5.02. The van der Waals surface area contributed by atoms with Gasteiger partial charge in [-0.05, 0) is 29.8 Å². The first-order chi connectivity index (χ1) is 15.6. The van der Waals surface area contributed by atoms with E-state index in [1.165, 1.54) is 6.08 Å². The van der Waals surface area contributed by atoms with Crippen LogP contribution in [0.2, 0.25) is 0 Å². The van der Waals surface area contributed by atoms with Gasteiger partial charge in [0.05, 0.1) is 23.5 Å². The smallest absolute Gasteiger partial charge is 0.246 e. The lowest BCUT2D eigenvalue weighted by atomic mass is 10.0. The van der Waals surface area contributed by atoms with E-state index in [2.05, 4.69) is 53.2 Å². The number of thioether (sulfide) groups is 1. The second-order valence-electron chi connectivity index (χ2n) is 7.72. The van der Waals surface area contributed by atoms with Crippen molar-refractivity contribution in [2.75, 3.05) is 13.1 Å². The predicted octanol–water partition coefficient (Wildman–Crippen LogP) is 3.76. The number of fused-ring (bicyclic) bond motifs is 1. The number of nitrogens with zero attached hydrogens (tertiary/aromatic N) is 6. The lowest BCUT2D eigenvalue weighted by Crippen LogP contribution is -2.51. The van der Waals surface area contributed by atoms with E-state index in [9.17, 15) is 10.1 Å². The number of rotatable bonds is 5. The summed E-state index contributed by atoms with van der Waals surface area (Å²) in [6, 6.07) is 12.7. The van der Waals surface area contributed by atoms with Gasteiger partial charge >= 0.3 is 0 Å². The normalized spacial score (nSPS) is 13.7. The molecule has 1 fully saturated rings. The van der Waals surface area contributed by atoms with Gasteiger partial charge in [0.15, 0.2) is 0 Å². The SMILES string of the molecule is C=CC(=O)N1CC(Sc2ccc(-c3cc(-c4cnn(C)c4)cn4ncc(C#N)c34)cc2)C1. The maximum atomic E-state index is 11.6. The van der Waals surface area contributed by atoms with E-state index in [1.54, 1.807) is 32.1 Å². The minimum atomic E-state index is -0.0104. The molecular weight excluding hydrogens is 420 g/mol. The van der Waals surface area contributed by atoms with Crippen LogP contribution in [0, 0.1) is 11.3 Å². The standard InChI is InChI=1S/C24H20N6OS/c1-3-23(31)29-14-21(15-29)32-20-6-4-16(5-7-20)22-8-17(19-11-26-28(2)12-19)13-30-24(22)18(9-25)10-27-30/h3-8,10-13,21H,1,14-15H2,2H3. The number of benzene rings is 1. The quantitative estimate of drug-likeness (QED) is 0.442. The molecule has 0 radical (unpaired) electrons. The Balaban J connectivity index is 1.46. The minimum absolute atomic E-state index is 0.0104. The highest BCUT2D eigenvalue weighted by Crippen LogP contribution is 2.35. The molecule has 0 unspecified atom stereocenters. The van der Waals surface area contributed by atoms with Crippen LogP contribution in [-0.4, -0.2) is 48.5 Å². The molecule has 8 heteroatoms. The van der Waals surface area contributed by atoms with Crippen molar-refractivity contribution < 1.29 is 4.79 Å². The molecule has 158 valence electrons. The van der Waals surface area contributed by atoms with E-state index in [-0.39, 0.29) is 5.91 Å². The Labute approximate surface area is 189 Å². The molecular formula is C24H20N6OS. The maximum Gasteiger partial charge on any atom is 0.246 e. The first-order valence-corrected chi connectivity index (χ1v) is 11.0. The largest absolute Gasteiger partial charge is 0.337 e. The topological polar surface area (TPSA) is 79.2 Å². The van der Waals surface area contributed by atoms with E-state index < -0.39 is 0 Å². The number of aryl methyl sites for hydroxylation is 1. The van der Waals surface area contributed by atoms with Gasteiger partial charge in [0.2, 0.25) is 5.91 Å². The summed E-state index contributed by atoms with van der Waals surface area (Å²) in [5.74, 6) is -0.0104. The molecule has 0 bridgehead atoms. The molecule has 0 saturated carbocycles. The van der Waals surface area contributed by atoms with E-state index in [0.29, 0.717) is 10.8 Å². The number of amides is 1. The fraction of sp³-hybridized carbons (Fsp3) is 0.167. The van der Waals surface area contributed by atoms with Gasteiger partial charge < -0.3 is 4.90 Å². The second-order valence-corrected chi connectivity index (χ2v) is 9.09. The zero-order valence-corrected chi connectivity index (χ0v) is 18.3. The molecule has 4 heterocycles. The Kier molecular flexibility index (Phi) is 5.04. The highest BCUT2D eigenvalue weighted by atomic mass is 32.2. The molecule has 3 aromatic heterocycles. The van der Waals surface area contributed by atoms with Crippen LogP contribution in [-0.2, 0) is 11.8 Å². The summed E-state index contributed by atoms with van der Waals surface area (Å²) in [7, 11) is 1.88. The van der Waals surface area contributed by atoms with Gasteiger partial charge in [-0.3, -0.25) is 9.48 Å². The zero-order valence-electron chi connectivity index (χ0n) is 17.5. The molecule has 1 aliphatic heterocycles. The van der Waals surface area contributed by atoms with Gasteiger partial charge in [-0.15, -0.1) is 11.8 Å². The van der Waals surface area contributed by atoms with Crippen LogP contribution >= 0.6 is 11.8 Å². The van der Waals surface area contributed by atoms with E-state index >= 15 is 0 Å². The van der Waals surface area contributed by atoms with Crippen LogP contribution in [0.5, 0.6) is 0 Å². The number of nitriles is 1. The van der Waals surface area contributed by atoms with Crippen molar-refractivity contribution in [3.05, 3.63) is 73.3 Å². The number of aromatic nitrogens is 4. The molecule has 0 N–H and O–H groups in total. The Morgan fingerprint density at radius 3 is 2.59 bits per heavy atom. The van der Waals surface area contributed by atoms with Crippen molar-refractivity contribution in [2.24, 2.45) is 7.05 Å². The first kappa shape index (κ1) is 20.1. The Morgan fingerprint density at radius 1 is 1.16 bits per heavy atom. The summed E-state index contributed by atoms with van der Waals surface area (Å²) in [6.07, 6.45) is 8.66. The van der Waals surface area contributed by atoms with Gasteiger partial charge in [-0.1, -0.05) is 18.7 Å². The predicted molar refractivity (Wildman–Crippen MR) is 124 cm³/mol. The summed E-state index contributed by atoms with van der Waals surface area (Å²) in [5, 5.41) is 18.6. The first-order valence-electron chi connectivity index (χ1n) is 10.1. The van der Waals surface area contributed by atoms with Crippen LogP contribution in [0.25, 0.3) is 27.8 Å². The lowest BCUT2D eigenvalue weighted by molar-refractivity contribution is -0.128. The highest BCUT2D eigenvalue weighted by Gasteiger charge is 2.29. The van der Waals surface area contributed by atoms with E-state index in [1.807, 2.05) is 25.6 Å². The summed E-state index contributed by atoms with van der Waals surface area (Å²) in [4.78, 5) is 14.6. The molecule has 0 aliphatic carbocycles. The fourth-order valence-electron chi connectivity index (χ4n) is 3.88. The Morgan fingerprint density at radius 2 is 1.94 bits per heavy atom. The molecule has 1 amide bonds. The average molecular weight is 441 g/mol. The molecule has 1 aromatic carbocycles. The van der Waals surface area contributed by atoms with Crippen molar-refractivity contribution >= 4 is 23.2 Å². The maximum absolute atomic E-state index is 11.6. The molecule has 1 aliphatic rings. The van der Waals surface area contributed by atoms with Crippen LogP contribution in [0.3, 0.4) is 0 Å². The van der Waals surface area contributed by atoms with Crippen molar-refractivity contribution in [1.29, 1.82) is 5.26 Å². The zero-order chi connectivity index (χ0) is 22.2. The average Bonchev–Trinajstić information content (AvgIpc) is 3.41. The van der Waals surface area contributed by atoms with Crippen molar-refractivity contribution in [3.8, 4) is 28.3 Å². The van der Waals surface area contributed by atoms with Crippen LogP contribution in [0.4, 0.5) is 0 Å². The Hall–Kier alpha value is -3.83. The van der Waals surface area contributed by atoms with Crippen LogP contribution in [0.15, 0.2) is 72.7 Å². The summed E-state index contributed by atoms with van der Waals surface area (Å²) >= 11 is 1.77. The number of carbonyl (C=O) groups is 1. The number of likely N-dealkylation sites (tertiary alicyclic amines) is 1. The molecule has 4 aromatic rings. The van der Waals surface area contributed by atoms with Gasteiger partial charge in [0.25, 0.3) is 0 Å². The van der Waals surface area contributed by atoms with Crippen molar-refractivity contribution in [1.82, 2.24) is 24.3 Å². The third-order valence-corrected chi connectivity index (χ3v) is 6.75. The molecule has 5 rings (SSSR count). The second kappa shape index (κ2) is 8.02. The molecule has 0 atom stereocenters. The molecule has 32 heavy (non-hydrogen) atoms. The number of hydrogen-bond acceptors (Lipinski definition) is 5. The molecule has 7 nitrogen and oxygen atoms in total. The fourth-order valence-corrected chi connectivity index (χ4v) is 5.07. The van der Waals surface area contributed by atoms with Gasteiger partial charge in [0, 0.05) is 59.4 Å². The minimum Gasteiger partial charge on any atom is -0.337 e. The van der Waals surface area contributed by atoms with Gasteiger partial charge in [-0.25, -0.2) is 4.52 Å². The molecule has 1 saturated heterocycles. The number of carbonyl (C=O) groups excluding carboxylic acids is 1. The van der Waals surface area contributed by atoms with E-state index in [4.69, 9.17) is 0 Å². The lowest BCUT2D eigenvalue weighted by Gasteiger charge is -2.38.